The molecule has 0 atom stereocenters. The highest BCUT2D eigenvalue weighted by Gasteiger charge is 2.34. The Balaban J connectivity index is 1.51. The number of nitrogens with two attached hydrogens (primary N) is 3. The summed E-state index contributed by atoms with van der Waals surface area (Å²) in [4.78, 5) is 36.9. The minimum atomic E-state index is -1.36. The second kappa shape index (κ2) is 12.5. The number of hydrogen-bond donors (Lipinski definition) is 5. The Labute approximate surface area is 240 Å². The molecule has 0 spiro atoms. The van der Waals surface area contributed by atoms with E-state index in [-0.39, 0.29) is 28.1 Å². The summed E-state index contributed by atoms with van der Waals surface area (Å²) in [7, 11) is 0. The predicted molar refractivity (Wildman–Crippen MR) is 155 cm³/mol. The van der Waals surface area contributed by atoms with Crippen LogP contribution in [0.3, 0.4) is 0 Å². The molecule has 0 unspecified atom stereocenters. The van der Waals surface area contributed by atoms with E-state index in [2.05, 4.69) is 15.3 Å². The normalized spacial score (nSPS) is 17.7. The average molecular weight is 593 g/mol. The molecule has 2 aromatic rings. The van der Waals surface area contributed by atoms with E-state index >= 15 is 0 Å². The number of nitrogens with one attached hydrogen (secondary N) is 1. The van der Waals surface area contributed by atoms with E-state index in [0.717, 1.165) is 24.6 Å². The number of carbonyl (C=O) groups excluding carboxylic acids is 1. The van der Waals surface area contributed by atoms with Crippen LogP contribution in [0.1, 0.15) is 55.2 Å². The summed E-state index contributed by atoms with van der Waals surface area (Å²) >= 11 is 7.64. The van der Waals surface area contributed by atoms with Gasteiger partial charge in [-0.3, -0.25) is 14.2 Å². The van der Waals surface area contributed by atoms with Crippen LogP contribution in [0, 0.1) is 0 Å². The minimum Gasteiger partial charge on any atom is -0.493 e. The molecule has 0 bridgehead atoms. The number of alkyl halides is 1. The van der Waals surface area contributed by atoms with Crippen LogP contribution in [-0.2, 0) is 13.0 Å². The van der Waals surface area contributed by atoms with Crippen LogP contribution in [0.2, 0.25) is 5.02 Å². The first-order chi connectivity index (χ1) is 19.1. The summed E-state index contributed by atoms with van der Waals surface area (Å²) in [5, 5.41) is 13.3. The molecule has 2 aliphatic rings. The molecule has 1 amide bonds. The summed E-state index contributed by atoms with van der Waals surface area (Å²) in [6.45, 7) is 3.32. The fourth-order valence-corrected chi connectivity index (χ4v) is 5.76. The van der Waals surface area contributed by atoms with E-state index in [1.165, 1.54) is 4.57 Å². The first-order valence-corrected chi connectivity index (χ1v) is 14.3. The lowest BCUT2D eigenvalue weighted by Crippen LogP contribution is -2.47. The second-order valence-corrected chi connectivity index (χ2v) is 11.2. The van der Waals surface area contributed by atoms with E-state index < -0.39 is 28.6 Å². The topological polar surface area (TPSA) is 178 Å². The highest BCUT2D eigenvalue weighted by atomic mass is 35.5. The highest BCUT2D eigenvalue weighted by molar-refractivity contribution is 8.03. The molecule has 1 aromatic heterocycles. The number of thioether (sulfide) groups is 1. The van der Waals surface area contributed by atoms with Crippen LogP contribution in [-0.4, -0.2) is 56.6 Å². The van der Waals surface area contributed by atoms with E-state index in [1.54, 1.807) is 18.2 Å². The Bertz CT molecular complexity index is 1410. The van der Waals surface area contributed by atoms with Gasteiger partial charge in [0.2, 0.25) is 5.88 Å². The van der Waals surface area contributed by atoms with Gasteiger partial charge in [-0.2, -0.15) is 4.98 Å². The van der Waals surface area contributed by atoms with Gasteiger partial charge in [-0.1, -0.05) is 36.4 Å². The number of hydrogen-bond acceptors (Lipinski definition) is 9. The number of benzene rings is 1. The summed E-state index contributed by atoms with van der Waals surface area (Å²) in [5.74, 6) is -0.204. The Morgan fingerprint density at radius 1 is 1.27 bits per heavy atom. The molecule has 14 heteroatoms. The van der Waals surface area contributed by atoms with E-state index in [9.17, 15) is 19.1 Å². The maximum atomic E-state index is 14.5. The average Bonchev–Trinajstić information content (AvgIpc) is 2.94. The maximum Gasteiger partial charge on any atom is 0.270 e. The van der Waals surface area contributed by atoms with Crippen molar-refractivity contribution in [2.45, 2.75) is 62.6 Å². The zero-order valence-electron chi connectivity index (χ0n) is 22.3. The molecule has 1 fully saturated rings. The van der Waals surface area contributed by atoms with Crippen LogP contribution in [0.4, 0.5) is 10.1 Å². The zero-order chi connectivity index (χ0) is 29.0. The third-order valence-corrected chi connectivity index (χ3v) is 8.64. The van der Waals surface area contributed by atoms with Crippen molar-refractivity contribution in [2.24, 2.45) is 22.2 Å². The molecular formula is C26H34ClFN8O3S. The number of aliphatic imine (C=N–C) groups is 1. The first-order valence-electron chi connectivity index (χ1n) is 13.1. The fourth-order valence-electron chi connectivity index (χ4n) is 4.74. The van der Waals surface area contributed by atoms with Crippen molar-refractivity contribution in [1.29, 1.82) is 0 Å². The van der Waals surface area contributed by atoms with Crippen molar-refractivity contribution in [1.82, 2.24) is 14.5 Å². The van der Waals surface area contributed by atoms with Gasteiger partial charge in [0.25, 0.3) is 11.5 Å². The SMILES string of the molecule is CC/C(=N\C(N)=C(/N)Sc1cccc(NC(=O)c2c(O)nc3n(c2=O)CCCC3)c1Cl)N1CCC(F)(CN)CC1. The Hall–Kier alpha value is -3.29. The zero-order valence-corrected chi connectivity index (χ0v) is 23.8. The predicted octanol–water partition coefficient (Wildman–Crippen LogP) is 2.90. The number of likely N-dealkylation sites (tertiary alicyclic amines) is 1. The van der Waals surface area contributed by atoms with Crippen molar-refractivity contribution in [3.63, 3.8) is 0 Å². The van der Waals surface area contributed by atoms with Gasteiger partial charge in [-0.05, 0) is 25.0 Å². The fraction of sp³-hybridized carbons (Fsp3) is 0.462. The van der Waals surface area contributed by atoms with Crippen molar-refractivity contribution in [3.8, 4) is 5.88 Å². The number of halogens is 2. The van der Waals surface area contributed by atoms with E-state index in [4.69, 9.17) is 28.8 Å². The van der Waals surface area contributed by atoms with Gasteiger partial charge in [0.15, 0.2) is 11.4 Å². The number of carbonyl (C=O) groups is 1. The van der Waals surface area contributed by atoms with E-state index in [0.29, 0.717) is 61.9 Å². The van der Waals surface area contributed by atoms with Crippen LogP contribution in [0.5, 0.6) is 5.88 Å². The number of aryl methyl sites for hydroxylation is 1. The lowest BCUT2D eigenvalue weighted by molar-refractivity contribution is 0.0924. The van der Waals surface area contributed by atoms with Crippen LogP contribution < -0.4 is 28.1 Å². The Morgan fingerprint density at radius 3 is 2.67 bits per heavy atom. The molecular weight excluding hydrogens is 559 g/mol. The molecule has 1 aromatic carbocycles. The van der Waals surface area contributed by atoms with Gasteiger partial charge in [-0.25, -0.2) is 9.38 Å². The number of nitrogens with zero attached hydrogens (tertiary/aromatic N) is 4. The quantitative estimate of drug-likeness (QED) is 0.184. The smallest absolute Gasteiger partial charge is 0.270 e. The first kappa shape index (κ1) is 29.7. The molecule has 8 N–H and O–H groups in total. The van der Waals surface area contributed by atoms with Crippen LogP contribution in [0.15, 0.2) is 43.7 Å². The van der Waals surface area contributed by atoms with Gasteiger partial charge >= 0.3 is 0 Å². The van der Waals surface area contributed by atoms with Gasteiger partial charge in [0.05, 0.1) is 10.7 Å². The molecule has 11 nitrogen and oxygen atoms in total. The number of fused-ring (bicyclic) bond motifs is 1. The summed E-state index contributed by atoms with van der Waals surface area (Å²) in [6, 6.07) is 4.91. The number of aromatic nitrogens is 2. The third-order valence-electron chi connectivity index (χ3n) is 7.13. The van der Waals surface area contributed by atoms with Crippen molar-refractivity contribution in [3.05, 3.63) is 55.8 Å². The summed E-state index contributed by atoms with van der Waals surface area (Å²) in [5.41, 5.74) is 15.8. The van der Waals surface area contributed by atoms with Crippen molar-refractivity contribution >= 4 is 40.8 Å². The minimum absolute atomic E-state index is 0.00622. The number of rotatable bonds is 7. The highest BCUT2D eigenvalue weighted by Crippen LogP contribution is 2.36. The number of amidine groups is 1. The lowest BCUT2D eigenvalue weighted by Gasteiger charge is -2.37. The molecule has 3 heterocycles. The number of aromatic hydroxyl groups is 1. The van der Waals surface area contributed by atoms with Crippen LogP contribution in [0.25, 0.3) is 0 Å². The van der Waals surface area contributed by atoms with E-state index in [1.807, 2.05) is 11.8 Å². The lowest BCUT2D eigenvalue weighted by atomic mass is 9.93. The van der Waals surface area contributed by atoms with Crippen molar-refractivity contribution < 1.29 is 14.3 Å². The number of piperidine rings is 1. The molecule has 216 valence electrons. The molecule has 0 radical (unpaired) electrons. The number of anilines is 1. The number of amides is 1. The molecule has 40 heavy (non-hydrogen) atoms. The molecule has 1 saturated heterocycles. The van der Waals surface area contributed by atoms with Gasteiger partial charge in [0, 0.05) is 56.8 Å². The monoisotopic (exact) mass is 592 g/mol. The molecule has 0 saturated carbocycles. The summed E-state index contributed by atoms with van der Waals surface area (Å²) in [6.07, 6.45) is 3.41. The van der Waals surface area contributed by atoms with Gasteiger partial charge in [0.1, 0.15) is 22.4 Å². The molecule has 2 aliphatic heterocycles. The van der Waals surface area contributed by atoms with Gasteiger partial charge < -0.3 is 32.5 Å². The Morgan fingerprint density at radius 2 is 2.00 bits per heavy atom. The summed E-state index contributed by atoms with van der Waals surface area (Å²) < 4.78 is 15.9. The second-order valence-electron chi connectivity index (χ2n) is 9.79. The Kier molecular flexibility index (Phi) is 9.26. The maximum absolute atomic E-state index is 14.5. The van der Waals surface area contributed by atoms with Gasteiger partial charge in [-0.15, -0.1) is 0 Å². The standard InChI is InChI=1S/C26H34ClFN8O3S/c1-2-17(35-12-9-26(28,14-29)10-13-35)33-21(30)22(31)40-16-7-5-6-15(20(16)27)32-23(37)19-24(38)34-18-8-3-4-11-36(18)25(19)39/h5-7,38H,2-4,8-14,29-31H2,1H3,(H,32,37)/b22-21+,33-17+. The van der Waals surface area contributed by atoms with Crippen LogP contribution >= 0.6 is 23.4 Å². The largest absolute Gasteiger partial charge is 0.493 e. The molecule has 4 rings (SSSR count). The van der Waals surface area contributed by atoms with Crippen molar-refractivity contribution in [2.75, 3.05) is 25.0 Å². The molecule has 0 aliphatic carbocycles. The third kappa shape index (κ3) is 6.37.